The summed E-state index contributed by atoms with van der Waals surface area (Å²) in [5, 5.41) is 2.89. The number of amides is 1. The van der Waals surface area contributed by atoms with E-state index in [0.717, 1.165) is 25.1 Å². The van der Waals surface area contributed by atoms with Gasteiger partial charge in [-0.15, -0.1) is 12.6 Å². The van der Waals surface area contributed by atoms with Crippen LogP contribution in [0.2, 0.25) is 0 Å². The summed E-state index contributed by atoms with van der Waals surface area (Å²) in [7, 11) is 0. The Kier molecular flexibility index (Phi) is 4.71. The second-order valence-corrected chi connectivity index (χ2v) is 6.22. The summed E-state index contributed by atoms with van der Waals surface area (Å²) in [5.41, 5.74) is 2.38. The van der Waals surface area contributed by atoms with Gasteiger partial charge in [-0.1, -0.05) is 12.1 Å². The molecule has 19 heavy (non-hydrogen) atoms. The van der Waals surface area contributed by atoms with Gasteiger partial charge < -0.3 is 5.32 Å². The Morgan fingerprint density at radius 2 is 1.95 bits per heavy atom. The largest absolute Gasteiger partial charge is 0.321 e. The second kappa shape index (κ2) is 6.11. The van der Waals surface area contributed by atoms with Crippen LogP contribution in [0.4, 0.5) is 5.69 Å². The molecule has 0 saturated carbocycles. The Bertz CT molecular complexity index is 643. The molecule has 0 saturated heterocycles. The van der Waals surface area contributed by atoms with E-state index >= 15 is 0 Å². The molecule has 0 heterocycles. The van der Waals surface area contributed by atoms with Crippen molar-refractivity contribution < 1.29 is 4.79 Å². The molecule has 0 radical (unpaired) electrons. The first-order valence-corrected chi connectivity index (χ1v) is 7.57. The topological polar surface area (TPSA) is 29.1 Å². The molecule has 0 spiro atoms. The molecule has 2 aromatic rings. The number of aryl methyl sites for hydroxylation is 1. The highest BCUT2D eigenvalue weighted by atomic mass is 79.9. The Morgan fingerprint density at radius 3 is 2.68 bits per heavy atom. The van der Waals surface area contributed by atoms with Gasteiger partial charge in [-0.3, -0.25) is 4.79 Å². The van der Waals surface area contributed by atoms with E-state index in [2.05, 4.69) is 49.8 Å². The molecule has 0 atom stereocenters. The van der Waals surface area contributed by atoms with Gasteiger partial charge in [0.25, 0.3) is 5.91 Å². The van der Waals surface area contributed by atoms with Crippen molar-refractivity contribution in [2.45, 2.75) is 11.8 Å². The van der Waals surface area contributed by atoms with Crippen LogP contribution in [0.1, 0.15) is 15.9 Å². The standard InChI is InChI=1S/C14H11Br2NOS/c1-8-3-2-4-12(13(8)16)17-14(18)10-7-9(19)5-6-11(10)15/h2-7,19H,1H3,(H,17,18). The number of carbonyl (C=O) groups excluding carboxylic acids is 1. The lowest BCUT2D eigenvalue weighted by molar-refractivity contribution is 0.102. The highest BCUT2D eigenvalue weighted by Crippen LogP contribution is 2.27. The van der Waals surface area contributed by atoms with E-state index in [-0.39, 0.29) is 5.91 Å². The molecular weight excluding hydrogens is 390 g/mol. The molecule has 5 heteroatoms. The van der Waals surface area contributed by atoms with Gasteiger partial charge in [-0.2, -0.15) is 0 Å². The number of carbonyl (C=O) groups is 1. The zero-order chi connectivity index (χ0) is 14.0. The quantitative estimate of drug-likeness (QED) is 0.677. The molecule has 0 aromatic heterocycles. The Hall–Kier alpha value is -0.780. The molecule has 0 bridgehead atoms. The zero-order valence-electron chi connectivity index (χ0n) is 10.1. The Labute approximate surface area is 134 Å². The van der Waals surface area contributed by atoms with Gasteiger partial charge in [0.15, 0.2) is 0 Å². The van der Waals surface area contributed by atoms with Gasteiger partial charge in [0.1, 0.15) is 0 Å². The van der Waals surface area contributed by atoms with Crippen LogP contribution in [-0.2, 0) is 0 Å². The summed E-state index contributed by atoms with van der Waals surface area (Å²) in [6.45, 7) is 1.98. The molecule has 0 aliphatic rings. The van der Waals surface area contributed by atoms with Gasteiger partial charge in [0.2, 0.25) is 0 Å². The third kappa shape index (κ3) is 3.41. The Morgan fingerprint density at radius 1 is 1.21 bits per heavy atom. The summed E-state index contributed by atoms with van der Waals surface area (Å²) in [4.78, 5) is 13.0. The first-order valence-electron chi connectivity index (χ1n) is 5.54. The molecular formula is C14H11Br2NOS. The number of rotatable bonds is 2. The minimum absolute atomic E-state index is 0.172. The Balaban J connectivity index is 2.31. The van der Waals surface area contributed by atoms with Gasteiger partial charge in [-0.25, -0.2) is 0 Å². The highest BCUT2D eigenvalue weighted by Gasteiger charge is 2.12. The monoisotopic (exact) mass is 399 g/mol. The fraction of sp³-hybridized carbons (Fsp3) is 0.0714. The summed E-state index contributed by atoms with van der Waals surface area (Å²) >= 11 is 11.1. The molecule has 2 aromatic carbocycles. The number of halogens is 2. The van der Waals surface area contributed by atoms with Crippen LogP contribution in [0.25, 0.3) is 0 Å². The molecule has 2 nitrogen and oxygen atoms in total. The summed E-state index contributed by atoms with van der Waals surface area (Å²) in [6.07, 6.45) is 0. The van der Waals surface area contributed by atoms with Crippen LogP contribution < -0.4 is 5.32 Å². The molecule has 0 unspecified atom stereocenters. The molecule has 2 rings (SSSR count). The highest BCUT2D eigenvalue weighted by molar-refractivity contribution is 9.11. The lowest BCUT2D eigenvalue weighted by Gasteiger charge is -2.10. The van der Waals surface area contributed by atoms with Gasteiger partial charge in [0, 0.05) is 13.8 Å². The number of anilines is 1. The van der Waals surface area contributed by atoms with Crippen molar-refractivity contribution in [3.8, 4) is 0 Å². The maximum absolute atomic E-state index is 12.3. The fourth-order valence-electron chi connectivity index (χ4n) is 1.62. The number of hydrogen-bond donors (Lipinski definition) is 2. The first-order chi connectivity index (χ1) is 8.99. The second-order valence-electron chi connectivity index (χ2n) is 4.05. The van der Waals surface area contributed by atoms with E-state index in [1.165, 1.54) is 0 Å². The maximum atomic E-state index is 12.3. The molecule has 98 valence electrons. The predicted molar refractivity (Wildman–Crippen MR) is 88.2 cm³/mol. The van der Waals surface area contributed by atoms with Crippen molar-refractivity contribution in [2.24, 2.45) is 0 Å². The van der Waals surface area contributed by atoms with Gasteiger partial charge in [-0.05, 0) is 68.6 Å². The van der Waals surface area contributed by atoms with Crippen LogP contribution in [0.15, 0.2) is 50.2 Å². The summed E-state index contributed by atoms with van der Waals surface area (Å²) in [5.74, 6) is -0.172. The van der Waals surface area contributed by atoms with Gasteiger partial charge >= 0.3 is 0 Å². The third-order valence-corrected chi connectivity index (χ3v) is 4.66. The van der Waals surface area contributed by atoms with Crippen LogP contribution >= 0.6 is 44.5 Å². The molecule has 0 aliphatic carbocycles. The number of thiol groups is 1. The van der Waals surface area contributed by atoms with E-state index in [0.29, 0.717) is 5.56 Å². The number of nitrogens with one attached hydrogen (secondary N) is 1. The predicted octanol–water partition coefficient (Wildman–Crippen LogP) is 5.06. The van der Waals surface area contributed by atoms with Crippen molar-refractivity contribution in [3.05, 3.63) is 56.5 Å². The minimum atomic E-state index is -0.172. The molecule has 1 amide bonds. The summed E-state index contributed by atoms with van der Waals surface area (Å²) < 4.78 is 1.63. The van der Waals surface area contributed by atoms with Crippen LogP contribution in [0.5, 0.6) is 0 Å². The maximum Gasteiger partial charge on any atom is 0.256 e. The van der Waals surface area contributed by atoms with E-state index in [9.17, 15) is 4.79 Å². The lowest BCUT2D eigenvalue weighted by atomic mass is 10.2. The average Bonchev–Trinajstić information content (AvgIpc) is 2.38. The van der Waals surface area contributed by atoms with Crippen molar-refractivity contribution >= 4 is 56.1 Å². The van der Waals surface area contributed by atoms with Crippen molar-refractivity contribution in [2.75, 3.05) is 5.32 Å². The van der Waals surface area contributed by atoms with Crippen LogP contribution in [0, 0.1) is 6.92 Å². The van der Waals surface area contributed by atoms with Crippen LogP contribution in [0.3, 0.4) is 0 Å². The van der Waals surface area contributed by atoms with Crippen molar-refractivity contribution in [1.82, 2.24) is 0 Å². The molecule has 0 fully saturated rings. The SMILES string of the molecule is Cc1cccc(NC(=O)c2cc(S)ccc2Br)c1Br. The van der Waals surface area contributed by atoms with E-state index in [1.54, 1.807) is 6.07 Å². The van der Waals surface area contributed by atoms with E-state index in [1.807, 2.05) is 37.3 Å². The van der Waals surface area contributed by atoms with Crippen molar-refractivity contribution in [3.63, 3.8) is 0 Å². The number of hydrogen-bond acceptors (Lipinski definition) is 2. The average molecular weight is 401 g/mol. The lowest BCUT2D eigenvalue weighted by Crippen LogP contribution is -2.13. The minimum Gasteiger partial charge on any atom is -0.321 e. The van der Waals surface area contributed by atoms with E-state index in [4.69, 9.17) is 0 Å². The smallest absolute Gasteiger partial charge is 0.256 e. The van der Waals surface area contributed by atoms with E-state index < -0.39 is 0 Å². The first kappa shape index (κ1) is 14.6. The van der Waals surface area contributed by atoms with Crippen molar-refractivity contribution in [1.29, 1.82) is 0 Å². The normalized spacial score (nSPS) is 10.3. The van der Waals surface area contributed by atoms with Crippen LogP contribution in [-0.4, -0.2) is 5.91 Å². The third-order valence-electron chi connectivity index (χ3n) is 2.63. The molecule has 1 N–H and O–H groups in total. The summed E-state index contributed by atoms with van der Waals surface area (Å²) in [6, 6.07) is 11.1. The van der Waals surface area contributed by atoms with Gasteiger partial charge in [0.05, 0.1) is 11.3 Å². The fourth-order valence-corrected chi connectivity index (χ4v) is 2.61. The zero-order valence-corrected chi connectivity index (χ0v) is 14.1. The number of benzene rings is 2. The molecule has 0 aliphatic heterocycles.